The molecule has 2 amide bonds. The fourth-order valence-electron chi connectivity index (χ4n) is 3.25. The standard InChI is InChI=1S/C20H26N4O3S/c1-13(25)16-10-15(22-24(16)14-8-6-5-7-9-14)19(27)23-12-28-11-17(23)18(26)21-20(2,3)4/h5-9,16-17H,10-12H2,1-4H3,(H,21,26). The summed E-state index contributed by atoms with van der Waals surface area (Å²) >= 11 is 1.54. The van der Waals surface area contributed by atoms with Crippen LogP contribution >= 0.6 is 11.8 Å². The molecule has 28 heavy (non-hydrogen) atoms. The van der Waals surface area contributed by atoms with Gasteiger partial charge in [-0.1, -0.05) is 18.2 Å². The van der Waals surface area contributed by atoms with Crippen molar-refractivity contribution in [2.45, 2.75) is 51.7 Å². The average molecular weight is 403 g/mol. The van der Waals surface area contributed by atoms with Crippen molar-refractivity contribution in [1.29, 1.82) is 0 Å². The van der Waals surface area contributed by atoms with Crippen LogP contribution in [0.3, 0.4) is 0 Å². The largest absolute Gasteiger partial charge is 0.350 e. The number of Topliss-reactive ketones (excluding diaryl/α,β-unsaturated/α-hetero) is 1. The minimum Gasteiger partial charge on any atom is -0.350 e. The third-order valence-corrected chi connectivity index (χ3v) is 5.60. The Morgan fingerprint density at radius 2 is 1.82 bits per heavy atom. The van der Waals surface area contributed by atoms with Gasteiger partial charge < -0.3 is 10.2 Å². The zero-order chi connectivity index (χ0) is 20.5. The van der Waals surface area contributed by atoms with Crippen molar-refractivity contribution >= 4 is 40.8 Å². The maximum Gasteiger partial charge on any atom is 0.271 e. The summed E-state index contributed by atoms with van der Waals surface area (Å²) in [5.41, 5.74) is 0.719. The Bertz CT molecular complexity index is 803. The lowest BCUT2D eigenvalue weighted by Crippen LogP contribution is -2.53. The molecule has 2 aliphatic heterocycles. The molecule has 2 unspecified atom stereocenters. The van der Waals surface area contributed by atoms with Gasteiger partial charge in [0.1, 0.15) is 17.8 Å². The number of rotatable bonds is 4. The lowest BCUT2D eigenvalue weighted by Gasteiger charge is -2.27. The Morgan fingerprint density at radius 3 is 2.43 bits per heavy atom. The predicted molar refractivity (Wildman–Crippen MR) is 111 cm³/mol. The second-order valence-corrected chi connectivity index (χ2v) is 9.09. The molecule has 2 heterocycles. The number of thioether (sulfide) groups is 1. The van der Waals surface area contributed by atoms with E-state index in [4.69, 9.17) is 0 Å². The van der Waals surface area contributed by atoms with E-state index in [1.165, 1.54) is 6.92 Å². The van der Waals surface area contributed by atoms with Gasteiger partial charge in [0.25, 0.3) is 5.91 Å². The molecule has 0 radical (unpaired) electrons. The number of anilines is 1. The summed E-state index contributed by atoms with van der Waals surface area (Å²) in [6.07, 6.45) is 0.248. The summed E-state index contributed by atoms with van der Waals surface area (Å²) in [6.45, 7) is 7.25. The highest BCUT2D eigenvalue weighted by Crippen LogP contribution is 2.28. The molecular formula is C20H26N4O3S. The quantitative estimate of drug-likeness (QED) is 0.833. The van der Waals surface area contributed by atoms with Crippen LogP contribution in [0.5, 0.6) is 0 Å². The first-order valence-corrected chi connectivity index (χ1v) is 10.5. The Balaban J connectivity index is 1.81. The van der Waals surface area contributed by atoms with Crippen LogP contribution in [0.15, 0.2) is 35.4 Å². The molecule has 1 N–H and O–H groups in total. The van der Waals surface area contributed by atoms with Gasteiger partial charge in [-0.15, -0.1) is 11.8 Å². The molecule has 2 atom stereocenters. The number of hydrogen-bond acceptors (Lipinski definition) is 6. The number of benzene rings is 1. The van der Waals surface area contributed by atoms with Gasteiger partial charge in [-0.05, 0) is 39.8 Å². The summed E-state index contributed by atoms with van der Waals surface area (Å²) in [6, 6.07) is 8.31. The van der Waals surface area contributed by atoms with E-state index in [1.807, 2.05) is 51.1 Å². The molecule has 8 heteroatoms. The average Bonchev–Trinajstić information content (AvgIpc) is 3.28. The number of para-hydroxylation sites is 1. The van der Waals surface area contributed by atoms with Gasteiger partial charge in [-0.2, -0.15) is 5.10 Å². The monoisotopic (exact) mass is 402 g/mol. The van der Waals surface area contributed by atoms with Crippen LogP contribution < -0.4 is 10.3 Å². The smallest absolute Gasteiger partial charge is 0.271 e. The number of ketones is 1. The first-order chi connectivity index (χ1) is 13.2. The SMILES string of the molecule is CC(=O)C1CC(C(=O)N2CSCC2C(=O)NC(C)(C)C)=NN1c1ccccc1. The van der Waals surface area contributed by atoms with Gasteiger partial charge in [-0.3, -0.25) is 19.4 Å². The maximum atomic E-state index is 13.1. The summed E-state index contributed by atoms with van der Waals surface area (Å²) in [7, 11) is 0. The van der Waals surface area contributed by atoms with Crippen LogP contribution in [0.4, 0.5) is 5.69 Å². The second kappa shape index (κ2) is 7.95. The minimum absolute atomic E-state index is 0.0479. The van der Waals surface area contributed by atoms with Gasteiger partial charge in [0.05, 0.1) is 11.6 Å². The molecule has 0 saturated carbocycles. The van der Waals surface area contributed by atoms with E-state index in [2.05, 4.69) is 10.4 Å². The Labute approximate surface area is 169 Å². The van der Waals surface area contributed by atoms with Crippen molar-refractivity contribution < 1.29 is 14.4 Å². The molecule has 1 fully saturated rings. The van der Waals surface area contributed by atoms with E-state index >= 15 is 0 Å². The summed E-state index contributed by atoms with van der Waals surface area (Å²) in [4.78, 5) is 39.5. The van der Waals surface area contributed by atoms with Gasteiger partial charge in [0, 0.05) is 17.7 Å². The normalized spacial score (nSPS) is 22.2. The van der Waals surface area contributed by atoms with Crippen molar-refractivity contribution in [3.8, 4) is 0 Å². The fourth-order valence-corrected chi connectivity index (χ4v) is 4.41. The highest BCUT2D eigenvalue weighted by atomic mass is 32.2. The maximum absolute atomic E-state index is 13.1. The zero-order valence-corrected chi connectivity index (χ0v) is 17.5. The number of amides is 2. The van der Waals surface area contributed by atoms with Crippen molar-refractivity contribution in [1.82, 2.24) is 10.2 Å². The number of nitrogens with one attached hydrogen (secondary N) is 1. The van der Waals surface area contributed by atoms with Crippen molar-refractivity contribution in [2.75, 3.05) is 16.6 Å². The number of carbonyl (C=O) groups excluding carboxylic acids is 3. The van der Waals surface area contributed by atoms with E-state index < -0.39 is 12.1 Å². The predicted octanol–water partition coefficient (Wildman–Crippen LogP) is 2.03. The van der Waals surface area contributed by atoms with Gasteiger partial charge in [-0.25, -0.2) is 0 Å². The highest BCUT2D eigenvalue weighted by molar-refractivity contribution is 7.99. The van der Waals surface area contributed by atoms with Crippen LogP contribution in [0, 0.1) is 0 Å². The van der Waals surface area contributed by atoms with Gasteiger partial charge >= 0.3 is 0 Å². The zero-order valence-electron chi connectivity index (χ0n) is 16.6. The third kappa shape index (κ3) is 4.38. The lowest BCUT2D eigenvalue weighted by molar-refractivity contribution is -0.134. The summed E-state index contributed by atoms with van der Waals surface area (Å²) in [5.74, 6) is 0.514. The molecule has 1 saturated heterocycles. The Hall–Kier alpha value is -2.35. The molecule has 0 spiro atoms. The summed E-state index contributed by atoms with van der Waals surface area (Å²) in [5, 5.41) is 9.03. The summed E-state index contributed by atoms with van der Waals surface area (Å²) < 4.78 is 0. The second-order valence-electron chi connectivity index (χ2n) is 8.09. The van der Waals surface area contributed by atoms with Crippen LogP contribution in [0.1, 0.15) is 34.1 Å². The lowest BCUT2D eigenvalue weighted by atomic mass is 10.1. The van der Waals surface area contributed by atoms with Crippen LogP contribution in [-0.2, 0) is 14.4 Å². The number of carbonyl (C=O) groups is 3. The van der Waals surface area contributed by atoms with E-state index in [-0.39, 0.29) is 29.6 Å². The molecule has 0 aromatic heterocycles. The highest BCUT2D eigenvalue weighted by Gasteiger charge is 2.41. The Morgan fingerprint density at radius 1 is 1.14 bits per heavy atom. The first kappa shape index (κ1) is 20.4. The van der Waals surface area contributed by atoms with E-state index in [9.17, 15) is 14.4 Å². The van der Waals surface area contributed by atoms with E-state index in [0.717, 1.165) is 5.69 Å². The molecule has 0 bridgehead atoms. The van der Waals surface area contributed by atoms with Crippen LogP contribution in [-0.4, -0.2) is 57.5 Å². The van der Waals surface area contributed by atoms with Crippen molar-refractivity contribution in [3.05, 3.63) is 30.3 Å². The van der Waals surface area contributed by atoms with Crippen molar-refractivity contribution in [2.24, 2.45) is 5.10 Å². The Kier molecular flexibility index (Phi) is 5.79. The fraction of sp³-hybridized carbons (Fsp3) is 0.500. The molecule has 7 nitrogen and oxygen atoms in total. The molecular weight excluding hydrogens is 376 g/mol. The van der Waals surface area contributed by atoms with Crippen molar-refractivity contribution in [3.63, 3.8) is 0 Å². The molecule has 2 aliphatic rings. The number of nitrogens with zero attached hydrogens (tertiary/aromatic N) is 3. The first-order valence-electron chi connectivity index (χ1n) is 9.30. The molecule has 1 aromatic carbocycles. The topological polar surface area (TPSA) is 82.1 Å². The molecule has 1 aromatic rings. The van der Waals surface area contributed by atoms with Crippen LogP contribution in [0.25, 0.3) is 0 Å². The third-order valence-electron chi connectivity index (χ3n) is 4.59. The number of hydrazone groups is 1. The number of hydrogen-bond donors (Lipinski definition) is 1. The molecule has 150 valence electrons. The molecule has 0 aliphatic carbocycles. The minimum atomic E-state index is -0.527. The van der Waals surface area contributed by atoms with Gasteiger partial charge in [0.15, 0.2) is 5.78 Å². The van der Waals surface area contributed by atoms with E-state index in [0.29, 0.717) is 17.3 Å². The van der Waals surface area contributed by atoms with Crippen LogP contribution in [0.2, 0.25) is 0 Å². The van der Waals surface area contributed by atoms with E-state index in [1.54, 1.807) is 21.7 Å². The van der Waals surface area contributed by atoms with Gasteiger partial charge in [0.2, 0.25) is 5.91 Å². The molecule has 3 rings (SSSR count).